The Bertz CT molecular complexity index is 793. The minimum absolute atomic E-state index is 0.00534. The average molecular weight is 542 g/mol. The van der Waals surface area contributed by atoms with Crippen molar-refractivity contribution in [2.24, 2.45) is 5.92 Å². The summed E-state index contributed by atoms with van der Waals surface area (Å²) in [4.78, 5) is 25.1. The van der Waals surface area contributed by atoms with Gasteiger partial charge in [0.25, 0.3) is 0 Å². The van der Waals surface area contributed by atoms with Gasteiger partial charge in [0.2, 0.25) is 5.91 Å². The number of hydrogen-bond donors (Lipinski definition) is 5. The second-order valence-electron chi connectivity index (χ2n) is 8.55. The van der Waals surface area contributed by atoms with E-state index in [0.29, 0.717) is 45.3 Å². The smallest absolute Gasteiger partial charge is 0.407 e. The minimum Gasteiger partial charge on any atom is -0.447 e. The summed E-state index contributed by atoms with van der Waals surface area (Å²) in [6.45, 7) is 10.0. The zero-order valence-corrected chi connectivity index (χ0v) is 22.5. The van der Waals surface area contributed by atoms with E-state index in [1.54, 1.807) is 45.2 Å². The van der Waals surface area contributed by atoms with Crippen LogP contribution >= 0.6 is 0 Å². The Morgan fingerprint density at radius 3 is 1.97 bits per heavy atom. The molecule has 1 aromatic carbocycles. The van der Waals surface area contributed by atoms with Gasteiger partial charge in [0.05, 0.1) is 58.9 Å². The topological polar surface area (TPSA) is 157 Å². The molecule has 1 unspecified atom stereocenters. The third-order valence-electron chi connectivity index (χ3n) is 5.21. The zero-order chi connectivity index (χ0) is 28.2. The van der Waals surface area contributed by atoms with E-state index in [1.807, 2.05) is 0 Å². The fraction of sp³-hybridized carbons (Fsp3) is 0.615. The maximum absolute atomic E-state index is 12.9. The summed E-state index contributed by atoms with van der Waals surface area (Å²) in [7, 11) is 1.61. The molecule has 1 aromatic rings. The maximum atomic E-state index is 12.9. The van der Waals surface area contributed by atoms with Crippen LogP contribution in [0.3, 0.4) is 0 Å². The molecule has 0 fully saturated rings. The van der Waals surface area contributed by atoms with Gasteiger partial charge in [-0.3, -0.25) is 4.79 Å². The third-order valence-corrected chi connectivity index (χ3v) is 5.21. The number of methoxy groups -OCH3 is 1. The largest absolute Gasteiger partial charge is 0.447 e. The number of amides is 2. The molecule has 0 radical (unpaired) electrons. The van der Waals surface area contributed by atoms with Crippen LogP contribution in [0.1, 0.15) is 19.4 Å². The molecule has 0 aliphatic carbocycles. The second kappa shape index (κ2) is 20.3. The summed E-state index contributed by atoms with van der Waals surface area (Å²) in [6, 6.07) is 5.07. The van der Waals surface area contributed by atoms with E-state index >= 15 is 0 Å². The van der Waals surface area contributed by atoms with Crippen LogP contribution < -0.4 is 16.0 Å². The number of carbonyl (C=O) groups excluding carboxylic acids is 2. The van der Waals surface area contributed by atoms with Crippen molar-refractivity contribution >= 4 is 17.7 Å². The lowest BCUT2D eigenvalue weighted by Gasteiger charge is -2.27. The molecule has 0 saturated heterocycles. The predicted molar refractivity (Wildman–Crippen MR) is 142 cm³/mol. The van der Waals surface area contributed by atoms with E-state index < -0.39 is 30.3 Å². The SMILES string of the molecule is C=C[C@H](NC(=O)[C@@H](NC(=O)OCCOCCOCCOCCOC)C(C)C)C(O)Nc1ccc(CO)cc1. The van der Waals surface area contributed by atoms with Gasteiger partial charge in [-0.1, -0.05) is 32.1 Å². The first-order valence-corrected chi connectivity index (χ1v) is 12.5. The van der Waals surface area contributed by atoms with E-state index in [-0.39, 0.29) is 25.7 Å². The van der Waals surface area contributed by atoms with Crippen molar-refractivity contribution in [3.8, 4) is 0 Å². The van der Waals surface area contributed by atoms with Gasteiger partial charge < -0.3 is 49.8 Å². The number of carbonyl (C=O) groups is 2. The first kappa shape index (κ1) is 33.3. The van der Waals surface area contributed by atoms with Crippen molar-refractivity contribution < 1.29 is 43.5 Å². The van der Waals surface area contributed by atoms with Gasteiger partial charge in [-0.25, -0.2) is 4.79 Å². The number of benzene rings is 1. The molecule has 12 nitrogen and oxygen atoms in total. The average Bonchev–Trinajstić information content (AvgIpc) is 2.91. The van der Waals surface area contributed by atoms with Crippen LogP contribution in [-0.4, -0.2) is 100 Å². The maximum Gasteiger partial charge on any atom is 0.407 e. The number of aliphatic hydroxyl groups is 2. The van der Waals surface area contributed by atoms with E-state index in [2.05, 4.69) is 22.5 Å². The third kappa shape index (κ3) is 14.3. The van der Waals surface area contributed by atoms with Crippen molar-refractivity contribution in [1.82, 2.24) is 10.6 Å². The van der Waals surface area contributed by atoms with Crippen LogP contribution in [0.4, 0.5) is 10.5 Å². The Balaban J connectivity index is 2.34. The molecule has 2 amide bonds. The molecule has 0 aromatic heterocycles. The van der Waals surface area contributed by atoms with Crippen LogP contribution in [0.2, 0.25) is 0 Å². The van der Waals surface area contributed by atoms with Gasteiger partial charge in [0, 0.05) is 12.8 Å². The highest BCUT2D eigenvalue weighted by Crippen LogP contribution is 2.12. The molecule has 0 aliphatic heterocycles. The van der Waals surface area contributed by atoms with E-state index in [9.17, 15) is 14.7 Å². The molecule has 0 heterocycles. The summed E-state index contributed by atoms with van der Waals surface area (Å²) < 4.78 is 26.0. The fourth-order valence-corrected chi connectivity index (χ4v) is 3.07. The Hall–Kier alpha value is -2.74. The molecular weight excluding hydrogens is 498 g/mol. The molecule has 0 aliphatic rings. The van der Waals surface area contributed by atoms with Gasteiger partial charge in [-0.2, -0.15) is 0 Å². The Labute approximate surface area is 224 Å². The Morgan fingerprint density at radius 1 is 0.921 bits per heavy atom. The van der Waals surface area contributed by atoms with E-state index in [4.69, 9.17) is 28.8 Å². The number of rotatable bonds is 21. The first-order chi connectivity index (χ1) is 18.3. The molecule has 0 bridgehead atoms. The van der Waals surface area contributed by atoms with Gasteiger partial charge >= 0.3 is 6.09 Å². The summed E-state index contributed by atoms with van der Waals surface area (Å²) in [5.74, 6) is -0.756. The Kier molecular flexibility index (Phi) is 17.7. The number of nitrogens with one attached hydrogen (secondary N) is 3. The summed E-state index contributed by atoms with van der Waals surface area (Å²) in [5.41, 5.74) is 1.33. The quantitative estimate of drug-likeness (QED) is 0.0865. The van der Waals surface area contributed by atoms with Gasteiger partial charge in [-0.15, -0.1) is 6.58 Å². The van der Waals surface area contributed by atoms with Crippen molar-refractivity contribution in [2.45, 2.75) is 38.8 Å². The number of hydrogen-bond acceptors (Lipinski definition) is 10. The lowest BCUT2D eigenvalue weighted by atomic mass is 10.0. The van der Waals surface area contributed by atoms with Crippen LogP contribution in [0, 0.1) is 5.92 Å². The minimum atomic E-state index is -1.18. The molecule has 0 spiro atoms. The highest BCUT2D eigenvalue weighted by atomic mass is 16.6. The van der Waals surface area contributed by atoms with Crippen molar-refractivity contribution in [3.63, 3.8) is 0 Å². The van der Waals surface area contributed by atoms with Crippen molar-refractivity contribution in [3.05, 3.63) is 42.5 Å². The molecule has 12 heteroatoms. The molecule has 216 valence electrons. The highest BCUT2D eigenvalue weighted by molar-refractivity contribution is 5.86. The van der Waals surface area contributed by atoms with Crippen LogP contribution in [0.25, 0.3) is 0 Å². The van der Waals surface area contributed by atoms with Crippen LogP contribution in [0.5, 0.6) is 0 Å². The standard InChI is InChI=1S/C26H43N3O9/c1-5-22(24(31)27-21-8-6-20(18-30)7-9-21)28-25(32)23(19(2)3)29-26(33)38-17-16-37-15-14-36-13-12-35-11-10-34-4/h5-9,19,22-24,27,30-31H,1,10-18H2,2-4H3,(H,28,32)(H,29,33)/t22-,23-,24?/m0/s1. The molecular formula is C26H43N3O9. The predicted octanol–water partition coefficient (Wildman–Crippen LogP) is 1.03. The first-order valence-electron chi connectivity index (χ1n) is 12.5. The normalized spacial score (nSPS) is 13.4. The van der Waals surface area contributed by atoms with Gasteiger partial charge in [0.15, 0.2) is 0 Å². The van der Waals surface area contributed by atoms with Crippen molar-refractivity contribution in [2.75, 3.05) is 65.3 Å². The van der Waals surface area contributed by atoms with Crippen LogP contribution in [-0.2, 0) is 35.1 Å². The summed E-state index contributed by atoms with van der Waals surface area (Å²) in [6.07, 6.45) is -0.548. The molecule has 0 saturated carbocycles. The van der Waals surface area contributed by atoms with Crippen molar-refractivity contribution in [1.29, 1.82) is 0 Å². The van der Waals surface area contributed by atoms with Gasteiger partial charge in [-0.05, 0) is 23.6 Å². The molecule has 38 heavy (non-hydrogen) atoms. The lowest BCUT2D eigenvalue weighted by molar-refractivity contribution is -0.125. The van der Waals surface area contributed by atoms with Crippen LogP contribution in [0.15, 0.2) is 36.9 Å². The summed E-state index contributed by atoms with van der Waals surface area (Å²) >= 11 is 0. The monoisotopic (exact) mass is 541 g/mol. The number of alkyl carbamates (subject to hydrolysis) is 1. The van der Waals surface area contributed by atoms with E-state index in [0.717, 1.165) is 5.56 Å². The zero-order valence-electron chi connectivity index (χ0n) is 22.5. The second-order valence-corrected chi connectivity index (χ2v) is 8.55. The number of ether oxygens (including phenoxy) is 5. The molecule has 3 atom stereocenters. The highest BCUT2D eigenvalue weighted by Gasteiger charge is 2.28. The Morgan fingerprint density at radius 2 is 1.47 bits per heavy atom. The lowest BCUT2D eigenvalue weighted by Crippen LogP contribution is -2.55. The van der Waals surface area contributed by atoms with E-state index in [1.165, 1.54) is 6.08 Å². The summed E-state index contributed by atoms with van der Waals surface area (Å²) in [5, 5.41) is 27.8. The number of aliphatic hydroxyl groups excluding tert-OH is 2. The molecule has 5 N–H and O–H groups in total. The fourth-order valence-electron chi connectivity index (χ4n) is 3.07. The molecule has 1 rings (SSSR count). The number of anilines is 1. The van der Waals surface area contributed by atoms with Gasteiger partial charge in [0.1, 0.15) is 18.9 Å².